The van der Waals surface area contributed by atoms with E-state index in [1.54, 1.807) is 0 Å². The molecule has 1 nitrogen and oxygen atoms in total. The van der Waals surface area contributed by atoms with Crippen LogP contribution in [-0.4, -0.2) is 24.0 Å². The lowest BCUT2D eigenvalue weighted by molar-refractivity contribution is 0.0832. The van der Waals surface area contributed by atoms with Crippen molar-refractivity contribution >= 4 is 0 Å². The van der Waals surface area contributed by atoms with Crippen LogP contribution in [0, 0.1) is 17.3 Å². The Morgan fingerprint density at radius 1 is 0.938 bits per heavy atom. The van der Waals surface area contributed by atoms with E-state index in [1.807, 2.05) is 0 Å². The van der Waals surface area contributed by atoms with E-state index in [9.17, 15) is 0 Å². The van der Waals surface area contributed by atoms with Gasteiger partial charge in [-0.05, 0) is 62.4 Å². The zero-order valence-corrected chi connectivity index (χ0v) is 11.6. The molecule has 16 heavy (non-hydrogen) atoms. The molecule has 2 atom stereocenters. The predicted molar refractivity (Wildman–Crippen MR) is 70.6 cm³/mol. The Kier molecular flexibility index (Phi) is 3.63. The third-order valence-electron chi connectivity index (χ3n) is 4.94. The van der Waals surface area contributed by atoms with Crippen LogP contribution < -0.4 is 0 Å². The van der Waals surface area contributed by atoms with Crippen LogP contribution in [0.15, 0.2) is 0 Å². The van der Waals surface area contributed by atoms with Gasteiger partial charge >= 0.3 is 0 Å². The van der Waals surface area contributed by atoms with Crippen LogP contribution >= 0.6 is 0 Å². The molecule has 0 radical (unpaired) electrons. The zero-order chi connectivity index (χ0) is 11.8. The Morgan fingerprint density at radius 3 is 2.00 bits per heavy atom. The molecule has 2 unspecified atom stereocenters. The summed E-state index contributed by atoms with van der Waals surface area (Å²) in [6, 6.07) is 0.927. The van der Waals surface area contributed by atoms with Crippen molar-refractivity contribution in [2.45, 2.75) is 65.8 Å². The Hall–Kier alpha value is -0.0400. The molecule has 1 saturated carbocycles. The molecule has 0 aromatic rings. The Balaban J connectivity index is 1.81. The Labute approximate surface area is 102 Å². The van der Waals surface area contributed by atoms with E-state index in [4.69, 9.17) is 0 Å². The number of hydrogen-bond donors (Lipinski definition) is 0. The molecular formula is C15H29N. The van der Waals surface area contributed by atoms with Crippen molar-refractivity contribution in [3.8, 4) is 0 Å². The van der Waals surface area contributed by atoms with Crippen LogP contribution in [0.3, 0.4) is 0 Å². The van der Waals surface area contributed by atoms with Gasteiger partial charge in [0.05, 0.1) is 0 Å². The monoisotopic (exact) mass is 223 g/mol. The summed E-state index contributed by atoms with van der Waals surface area (Å²) in [4.78, 5) is 2.78. The molecule has 0 spiro atoms. The van der Waals surface area contributed by atoms with Crippen LogP contribution in [0.4, 0.5) is 0 Å². The number of rotatable bonds is 1. The van der Waals surface area contributed by atoms with Gasteiger partial charge in [0.2, 0.25) is 0 Å². The third kappa shape index (κ3) is 2.80. The molecule has 94 valence electrons. The molecule has 1 heterocycles. The number of nitrogens with zero attached hydrogens (tertiary/aromatic N) is 1. The van der Waals surface area contributed by atoms with Gasteiger partial charge in [-0.25, -0.2) is 0 Å². The summed E-state index contributed by atoms with van der Waals surface area (Å²) < 4.78 is 0. The topological polar surface area (TPSA) is 3.24 Å². The highest BCUT2D eigenvalue weighted by Gasteiger charge is 2.33. The van der Waals surface area contributed by atoms with E-state index in [2.05, 4.69) is 32.6 Å². The summed E-state index contributed by atoms with van der Waals surface area (Å²) in [5.74, 6) is 1.92. The minimum absolute atomic E-state index is 0.523. The van der Waals surface area contributed by atoms with E-state index < -0.39 is 0 Å². The largest absolute Gasteiger partial charge is 0.300 e. The lowest BCUT2D eigenvalue weighted by atomic mass is 9.75. The first-order valence-corrected chi connectivity index (χ1v) is 7.21. The smallest absolute Gasteiger partial charge is 0.00978 e. The molecule has 2 aliphatic rings. The summed E-state index contributed by atoms with van der Waals surface area (Å²) in [6.45, 7) is 12.4. The highest BCUT2D eigenvalue weighted by Crippen LogP contribution is 2.37. The van der Waals surface area contributed by atoms with Crippen LogP contribution in [0.25, 0.3) is 0 Å². The van der Waals surface area contributed by atoms with Crippen molar-refractivity contribution in [1.82, 2.24) is 4.90 Å². The average Bonchev–Trinajstić information content (AvgIpc) is 2.64. The first-order chi connectivity index (χ1) is 7.47. The standard InChI is InChI=1S/C15H29N/c1-12-5-6-14(11-12)16-9-7-13(8-10-16)15(2,3)4/h12-14H,5-11H2,1-4H3. The predicted octanol–water partition coefficient (Wildman–Crippen LogP) is 3.93. The minimum Gasteiger partial charge on any atom is -0.300 e. The maximum absolute atomic E-state index is 2.78. The van der Waals surface area contributed by atoms with Crippen molar-refractivity contribution in [2.24, 2.45) is 17.3 Å². The third-order valence-corrected chi connectivity index (χ3v) is 4.94. The first-order valence-electron chi connectivity index (χ1n) is 7.21. The molecule has 2 rings (SSSR count). The molecule has 0 N–H and O–H groups in total. The summed E-state index contributed by atoms with van der Waals surface area (Å²) in [5, 5.41) is 0. The second-order valence-electron chi connectivity index (χ2n) is 7.25. The fourth-order valence-corrected chi connectivity index (χ4v) is 3.64. The Bertz CT molecular complexity index is 220. The fraction of sp³-hybridized carbons (Fsp3) is 1.00. The molecule has 1 aliphatic carbocycles. The van der Waals surface area contributed by atoms with Crippen molar-refractivity contribution in [3.63, 3.8) is 0 Å². The van der Waals surface area contributed by atoms with Crippen molar-refractivity contribution in [1.29, 1.82) is 0 Å². The van der Waals surface area contributed by atoms with Gasteiger partial charge in [-0.2, -0.15) is 0 Å². The molecule has 2 fully saturated rings. The van der Waals surface area contributed by atoms with Gasteiger partial charge < -0.3 is 4.90 Å². The summed E-state index contributed by atoms with van der Waals surface area (Å²) in [5.41, 5.74) is 0.523. The molecule has 0 aromatic carbocycles. The second-order valence-corrected chi connectivity index (χ2v) is 7.25. The molecule has 0 aromatic heterocycles. The number of likely N-dealkylation sites (tertiary alicyclic amines) is 1. The molecule has 0 bridgehead atoms. The lowest BCUT2D eigenvalue weighted by Crippen LogP contribution is -2.42. The first kappa shape index (κ1) is 12.4. The second kappa shape index (κ2) is 4.68. The van der Waals surface area contributed by atoms with Crippen LogP contribution in [0.1, 0.15) is 59.8 Å². The zero-order valence-electron chi connectivity index (χ0n) is 11.6. The van der Waals surface area contributed by atoms with E-state index in [-0.39, 0.29) is 0 Å². The minimum atomic E-state index is 0.523. The van der Waals surface area contributed by atoms with E-state index in [1.165, 1.54) is 45.2 Å². The van der Waals surface area contributed by atoms with Crippen LogP contribution in [-0.2, 0) is 0 Å². The number of piperidine rings is 1. The lowest BCUT2D eigenvalue weighted by Gasteiger charge is -2.41. The summed E-state index contributed by atoms with van der Waals surface area (Å²) in [7, 11) is 0. The van der Waals surface area contributed by atoms with Crippen LogP contribution in [0.5, 0.6) is 0 Å². The maximum Gasteiger partial charge on any atom is 0.00978 e. The highest BCUT2D eigenvalue weighted by atomic mass is 15.2. The van der Waals surface area contributed by atoms with E-state index in [0.717, 1.165) is 17.9 Å². The van der Waals surface area contributed by atoms with Gasteiger partial charge in [0, 0.05) is 6.04 Å². The molecule has 0 amide bonds. The van der Waals surface area contributed by atoms with Gasteiger partial charge in [0.25, 0.3) is 0 Å². The van der Waals surface area contributed by atoms with E-state index in [0.29, 0.717) is 5.41 Å². The quantitative estimate of drug-likeness (QED) is 0.651. The average molecular weight is 223 g/mol. The normalized spacial score (nSPS) is 34.5. The van der Waals surface area contributed by atoms with Gasteiger partial charge in [-0.15, -0.1) is 0 Å². The Morgan fingerprint density at radius 2 is 1.56 bits per heavy atom. The molecule has 1 aliphatic heterocycles. The van der Waals surface area contributed by atoms with Crippen molar-refractivity contribution < 1.29 is 0 Å². The van der Waals surface area contributed by atoms with Gasteiger partial charge in [-0.1, -0.05) is 27.7 Å². The van der Waals surface area contributed by atoms with E-state index >= 15 is 0 Å². The number of hydrogen-bond acceptors (Lipinski definition) is 1. The SMILES string of the molecule is CC1CCC(N2CCC(C(C)(C)C)CC2)C1. The fourth-order valence-electron chi connectivity index (χ4n) is 3.64. The van der Waals surface area contributed by atoms with Crippen molar-refractivity contribution in [3.05, 3.63) is 0 Å². The van der Waals surface area contributed by atoms with Gasteiger partial charge in [-0.3, -0.25) is 0 Å². The summed E-state index contributed by atoms with van der Waals surface area (Å²) >= 11 is 0. The van der Waals surface area contributed by atoms with Crippen molar-refractivity contribution in [2.75, 3.05) is 13.1 Å². The summed E-state index contributed by atoms with van der Waals surface area (Å²) in [6.07, 6.45) is 7.23. The van der Waals surface area contributed by atoms with Crippen LogP contribution in [0.2, 0.25) is 0 Å². The van der Waals surface area contributed by atoms with Gasteiger partial charge in [0.15, 0.2) is 0 Å². The van der Waals surface area contributed by atoms with Gasteiger partial charge in [0.1, 0.15) is 0 Å². The molecule has 1 heteroatoms. The molecule has 1 saturated heterocycles. The highest BCUT2D eigenvalue weighted by molar-refractivity contribution is 4.86. The molecular weight excluding hydrogens is 194 g/mol. The maximum atomic E-state index is 2.78.